The standard InChI is InChI=1S/C8H12O4.2C4H9.Sn/c9-7(10)5-3-1-2-4-6(5)8(11)12;2*1-3-4-2;/h5-6H,1-4H2,(H,9,10)(H,11,12);2*1,3-4H2,2H3;/q;;;+2/p-2. The van der Waals surface area contributed by atoms with Crippen molar-refractivity contribution < 1.29 is 19.8 Å². The van der Waals surface area contributed by atoms with Crippen LogP contribution in [0.2, 0.25) is 8.87 Å². The maximum absolute atomic E-state index is 10.5. The topological polar surface area (TPSA) is 80.3 Å². The van der Waals surface area contributed by atoms with E-state index in [1.807, 2.05) is 0 Å². The predicted octanol–water partition coefficient (Wildman–Crippen LogP) is 1.42. The quantitative estimate of drug-likeness (QED) is 0.454. The van der Waals surface area contributed by atoms with Crippen LogP contribution in [0.4, 0.5) is 0 Å². The Hall–Kier alpha value is -0.261. The summed E-state index contributed by atoms with van der Waals surface area (Å²) in [6.45, 7) is 4.58. The number of carboxylic acids is 2. The van der Waals surface area contributed by atoms with Gasteiger partial charge in [0.2, 0.25) is 0 Å². The van der Waals surface area contributed by atoms with E-state index in [0.717, 1.165) is 12.8 Å². The van der Waals surface area contributed by atoms with Crippen molar-refractivity contribution in [1.82, 2.24) is 0 Å². The average Bonchev–Trinajstić information content (AvgIpc) is 2.48. The van der Waals surface area contributed by atoms with Gasteiger partial charge in [-0.3, -0.25) is 0 Å². The number of carboxylic acid groups (broad SMARTS) is 2. The van der Waals surface area contributed by atoms with Gasteiger partial charge in [-0.2, -0.15) is 0 Å². The molecule has 0 N–H and O–H groups in total. The zero-order valence-electron chi connectivity index (χ0n) is 13.4. The Bertz CT molecular complexity index is 266. The first-order valence-electron chi connectivity index (χ1n) is 8.16. The fourth-order valence-electron chi connectivity index (χ4n) is 2.42. The molecule has 1 rings (SSSR count). The number of aliphatic carboxylic acids is 2. The van der Waals surface area contributed by atoms with Crippen molar-refractivity contribution in [2.45, 2.75) is 74.1 Å². The fraction of sp³-hybridized carbons (Fsp3) is 0.875. The summed E-state index contributed by atoms with van der Waals surface area (Å²) in [5.74, 6) is -4.21. The third-order valence-electron chi connectivity index (χ3n) is 3.79. The van der Waals surface area contributed by atoms with Crippen LogP contribution in [0.1, 0.15) is 65.2 Å². The van der Waals surface area contributed by atoms with E-state index in [9.17, 15) is 19.8 Å². The van der Waals surface area contributed by atoms with Crippen LogP contribution in [-0.2, 0) is 9.59 Å². The van der Waals surface area contributed by atoms with Gasteiger partial charge in [-0.25, -0.2) is 0 Å². The van der Waals surface area contributed by atoms with E-state index in [4.69, 9.17) is 0 Å². The second kappa shape index (κ2) is 13.4. The minimum Gasteiger partial charge on any atom is -0.550 e. The smallest absolute Gasteiger partial charge is 0.0451 e. The Morgan fingerprint density at radius 3 is 1.57 bits per heavy atom. The summed E-state index contributed by atoms with van der Waals surface area (Å²) < 4.78 is 3.25. The van der Waals surface area contributed by atoms with Gasteiger partial charge in [0.25, 0.3) is 0 Å². The van der Waals surface area contributed by atoms with Crippen molar-refractivity contribution in [3.63, 3.8) is 0 Å². The molecule has 21 heavy (non-hydrogen) atoms. The largest absolute Gasteiger partial charge is 0.550 e. The van der Waals surface area contributed by atoms with Gasteiger partial charge in [-0.05, 0) is 12.8 Å². The number of rotatable bonds is 8. The van der Waals surface area contributed by atoms with Crippen molar-refractivity contribution in [3.05, 3.63) is 0 Å². The fourth-order valence-corrected chi connectivity index (χ4v) is 6.58. The van der Waals surface area contributed by atoms with Crippen LogP contribution in [0.5, 0.6) is 0 Å². The second-order valence-electron chi connectivity index (χ2n) is 5.59. The second-order valence-corrected chi connectivity index (χ2v) is 9.87. The molecule has 1 aliphatic rings. The molecule has 4 nitrogen and oxygen atoms in total. The maximum Gasteiger partial charge on any atom is 0.0451 e. The van der Waals surface area contributed by atoms with Crippen LogP contribution in [0.25, 0.3) is 0 Å². The van der Waals surface area contributed by atoms with Crippen LogP contribution in [0.3, 0.4) is 0 Å². The van der Waals surface area contributed by atoms with E-state index < -0.39 is 23.8 Å². The number of hydrogen-bond donors (Lipinski definition) is 0. The van der Waals surface area contributed by atoms with E-state index in [1.165, 1.54) is 25.7 Å². The molecule has 1 aliphatic carbocycles. The SMILES string of the molecule is CCC[CH2][Sn+2][CH2]CCC.O=C([O-])C1CCCCC1C(=O)[O-]. The summed E-state index contributed by atoms with van der Waals surface area (Å²) >= 11 is 0.149. The monoisotopic (exact) mass is 404 g/mol. The molecule has 1 saturated carbocycles. The number of carbonyl (C=O) groups excluding carboxylic acids is 2. The van der Waals surface area contributed by atoms with Gasteiger partial charge in [0.05, 0.1) is 0 Å². The maximum atomic E-state index is 10.5. The molecule has 0 bridgehead atoms. The molecule has 0 aromatic carbocycles. The van der Waals surface area contributed by atoms with Gasteiger partial charge >= 0.3 is 69.5 Å². The molecule has 0 aliphatic heterocycles. The van der Waals surface area contributed by atoms with E-state index in [0.29, 0.717) is 12.8 Å². The summed E-state index contributed by atoms with van der Waals surface area (Å²) in [6.07, 6.45) is 8.18. The Morgan fingerprint density at radius 2 is 1.29 bits per heavy atom. The normalized spacial score (nSPS) is 20.9. The molecular formula is C16H28O4Sn. The van der Waals surface area contributed by atoms with E-state index in [-0.39, 0.29) is 21.1 Å². The van der Waals surface area contributed by atoms with E-state index in [2.05, 4.69) is 13.8 Å². The third-order valence-corrected chi connectivity index (χ3v) is 7.82. The van der Waals surface area contributed by atoms with Crippen molar-refractivity contribution in [2.75, 3.05) is 0 Å². The van der Waals surface area contributed by atoms with E-state index in [1.54, 1.807) is 8.87 Å². The Balaban J connectivity index is 0.000000400. The van der Waals surface area contributed by atoms with Gasteiger partial charge in [0.15, 0.2) is 0 Å². The zero-order chi connectivity index (χ0) is 16.1. The van der Waals surface area contributed by atoms with Gasteiger partial charge in [-0.15, -0.1) is 0 Å². The number of carbonyl (C=O) groups is 2. The summed E-state index contributed by atoms with van der Waals surface area (Å²) in [5, 5.41) is 20.9. The van der Waals surface area contributed by atoms with Crippen molar-refractivity contribution in [3.8, 4) is 0 Å². The van der Waals surface area contributed by atoms with Crippen molar-refractivity contribution in [1.29, 1.82) is 0 Å². The van der Waals surface area contributed by atoms with Crippen LogP contribution in [0.15, 0.2) is 0 Å². The molecule has 0 heterocycles. The molecule has 1 fully saturated rings. The van der Waals surface area contributed by atoms with Gasteiger partial charge in [-0.1, -0.05) is 12.8 Å². The zero-order valence-corrected chi connectivity index (χ0v) is 16.2. The molecule has 5 heteroatoms. The molecule has 0 aromatic rings. The Labute approximate surface area is 138 Å². The predicted molar refractivity (Wildman–Crippen MR) is 80.6 cm³/mol. The summed E-state index contributed by atoms with van der Waals surface area (Å²) in [7, 11) is 0. The first-order valence-corrected chi connectivity index (χ1v) is 12.2. The summed E-state index contributed by atoms with van der Waals surface area (Å²) in [4.78, 5) is 20.9. The summed E-state index contributed by atoms with van der Waals surface area (Å²) in [6, 6.07) is 0. The Kier molecular flexibility index (Phi) is 13.2. The number of unbranched alkanes of at least 4 members (excludes halogenated alkanes) is 2. The Morgan fingerprint density at radius 1 is 0.905 bits per heavy atom. The number of hydrogen-bond acceptors (Lipinski definition) is 4. The molecule has 0 amide bonds. The average molecular weight is 403 g/mol. The third kappa shape index (κ3) is 10.1. The summed E-state index contributed by atoms with van der Waals surface area (Å²) in [5.41, 5.74) is 0. The van der Waals surface area contributed by atoms with Crippen LogP contribution >= 0.6 is 0 Å². The van der Waals surface area contributed by atoms with Crippen molar-refractivity contribution in [2.24, 2.45) is 11.8 Å². The molecule has 0 aromatic heterocycles. The van der Waals surface area contributed by atoms with Crippen LogP contribution < -0.4 is 10.2 Å². The van der Waals surface area contributed by atoms with E-state index >= 15 is 0 Å². The first-order chi connectivity index (χ1) is 10.0. The molecule has 0 radical (unpaired) electrons. The van der Waals surface area contributed by atoms with Gasteiger partial charge in [0.1, 0.15) is 0 Å². The van der Waals surface area contributed by atoms with Gasteiger partial charge in [0, 0.05) is 23.8 Å². The minimum atomic E-state index is -1.26. The molecule has 0 spiro atoms. The van der Waals surface area contributed by atoms with Crippen LogP contribution in [0, 0.1) is 11.8 Å². The molecule has 2 unspecified atom stereocenters. The minimum absolute atomic E-state index is 0.149. The van der Waals surface area contributed by atoms with Crippen molar-refractivity contribution >= 4 is 33.1 Å². The molecule has 0 saturated heterocycles. The molecule has 120 valence electrons. The molecule has 2 atom stereocenters. The van der Waals surface area contributed by atoms with Crippen LogP contribution in [-0.4, -0.2) is 33.1 Å². The van der Waals surface area contributed by atoms with Gasteiger partial charge < -0.3 is 19.8 Å². The first kappa shape index (κ1) is 20.7. The molecular weight excluding hydrogens is 375 g/mol.